The van der Waals surface area contributed by atoms with Gasteiger partial charge in [-0.3, -0.25) is 10.2 Å². The molecule has 144 valence electrons. The molecular weight excluding hydrogens is 426 g/mol. The van der Waals surface area contributed by atoms with Crippen molar-refractivity contribution >= 4 is 52.6 Å². The predicted molar refractivity (Wildman–Crippen MR) is 98.9 cm³/mol. The number of hydrazine groups is 1. The number of carbonyl (C=O) groups excluding carboxylic acids is 2. The zero-order chi connectivity index (χ0) is 20.0. The summed E-state index contributed by atoms with van der Waals surface area (Å²) in [6.45, 7) is 0. The lowest BCUT2D eigenvalue weighted by Gasteiger charge is -2.11. The first-order chi connectivity index (χ1) is 12.6. The second-order valence-electron chi connectivity index (χ2n) is 5.07. The van der Waals surface area contributed by atoms with Gasteiger partial charge in [-0.15, -0.1) is 11.8 Å². The molecule has 0 bridgehead atoms. The van der Waals surface area contributed by atoms with Crippen molar-refractivity contribution in [1.29, 1.82) is 0 Å². The minimum absolute atomic E-state index is 0.0260. The van der Waals surface area contributed by atoms with Gasteiger partial charge in [-0.1, -0.05) is 29.3 Å². The Bertz CT molecular complexity index is 850. The molecule has 0 saturated heterocycles. The molecule has 0 aliphatic heterocycles. The lowest BCUT2D eigenvalue weighted by Crippen LogP contribution is -2.44. The maximum atomic E-state index is 12.6. The summed E-state index contributed by atoms with van der Waals surface area (Å²) in [6.07, 6.45) is -4.52. The van der Waals surface area contributed by atoms with E-state index in [2.05, 4.69) is 16.2 Å². The Morgan fingerprint density at radius 3 is 2.41 bits per heavy atom. The number of urea groups is 1. The molecule has 5 nitrogen and oxygen atoms in total. The van der Waals surface area contributed by atoms with Crippen LogP contribution in [0.5, 0.6) is 0 Å². The number of amides is 3. The lowest BCUT2D eigenvalue weighted by atomic mass is 10.2. The first-order valence-corrected chi connectivity index (χ1v) is 9.00. The van der Waals surface area contributed by atoms with E-state index in [1.165, 1.54) is 6.07 Å². The van der Waals surface area contributed by atoms with Crippen molar-refractivity contribution in [3.05, 3.63) is 58.1 Å². The predicted octanol–water partition coefficient (Wildman–Crippen LogP) is 4.96. The fourth-order valence-electron chi connectivity index (χ4n) is 1.81. The normalized spacial score (nSPS) is 11.0. The van der Waals surface area contributed by atoms with Crippen LogP contribution in [0.15, 0.2) is 47.4 Å². The molecule has 3 N–H and O–H groups in total. The van der Waals surface area contributed by atoms with Crippen LogP contribution in [0.2, 0.25) is 10.0 Å². The molecule has 2 aromatic rings. The van der Waals surface area contributed by atoms with Gasteiger partial charge >= 0.3 is 12.2 Å². The molecule has 0 aliphatic carbocycles. The summed E-state index contributed by atoms with van der Waals surface area (Å²) in [5, 5.41) is 2.93. The highest BCUT2D eigenvalue weighted by Crippen LogP contribution is 2.30. The average Bonchev–Trinajstić information content (AvgIpc) is 2.60. The van der Waals surface area contributed by atoms with E-state index in [4.69, 9.17) is 23.2 Å². The zero-order valence-electron chi connectivity index (χ0n) is 13.4. The van der Waals surface area contributed by atoms with Crippen molar-refractivity contribution in [2.24, 2.45) is 0 Å². The minimum Gasteiger partial charge on any atom is -0.307 e. The van der Waals surface area contributed by atoms with E-state index in [0.717, 1.165) is 30.0 Å². The highest BCUT2D eigenvalue weighted by atomic mass is 35.5. The largest absolute Gasteiger partial charge is 0.416 e. The summed E-state index contributed by atoms with van der Waals surface area (Å²) in [4.78, 5) is 24.1. The quantitative estimate of drug-likeness (QED) is 0.467. The number of nitrogens with one attached hydrogen (secondary N) is 3. The van der Waals surface area contributed by atoms with Gasteiger partial charge in [0.15, 0.2) is 0 Å². The number of hydrogen-bond donors (Lipinski definition) is 3. The third-order valence-electron chi connectivity index (χ3n) is 3.02. The Morgan fingerprint density at radius 2 is 1.74 bits per heavy atom. The van der Waals surface area contributed by atoms with E-state index in [1.54, 1.807) is 18.2 Å². The van der Waals surface area contributed by atoms with Gasteiger partial charge in [0.1, 0.15) is 0 Å². The third kappa shape index (κ3) is 6.85. The fraction of sp³-hybridized carbons (Fsp3) is 0.125. The standard InChI is InChI=1S/C16H12Cl2F3N3O2S/c17-12-5-4-11(7-13(12)18)27-8-14(25)23-24-15(26)22-10-3-1-2-9(6-10)16(19,20)21/h1-7H,8H2,(H,23,25)(H2,22,24,26). The highest BCUT2D eigenvalue weighted by molar-refractivity contribution is 8.00. The molecular formula is C16H12Cl2F3N3O2S. The van der Waals surface area contributed by atoms with Gasteiger partial charge in [0.05, 0.1) is 21.4 Å². The zero-order valence-corrected chi connectivity index (χ0v) is 15.7. The lowest BCUT2D eigenvalue weighted by molar-refractivity contribution is -0.137. The van der Waals surface area contributed by atoms with Crippen LogP contribution in [0, 0.1) is 0 Å². The van der Waals surface area contributed by atoms with Gasteiger partial charge in [-0.2, -0.15) is 13.2 Å². The van der Waals surface area contributed by atoms with Crippen molar-refractivity contribution in [3.8, 4) is 0 Å². The molecule has 0 spiro atoms. The SMILES string of the molecule is O=C(CSc1ccc(Cl)c(Cl)c1)NNC(=O)Nc1cccc(C(F)(F)F)c1. The van der Waals surface area contributed by atoms with Crippen LogP contribution in [0.3, 0.4) is 0 Å². The molecule has 0 saturated carbocycles. The number of alkyl halides is 3. The number of halogens is 5. The van der Waals surface area contributed by atoms with Crippen LogP contribution in [-0.4, -0.2) is 17.7 Å². The van der Waals surface area contributed by atoms with Gasteiger partial charge in [-0.25, -0.2) is 10.2 Å². The van der Waals surface area contributed by atoms with E-state index in [-0.39, 0.29) is 11.4 Å². The van der Waals surface area contributed by atoms with Crippen LogP contribution in [0.4, 0.5) is 23.7 Å². The number of thioether (sulfide) groups is 1. The van der Waals surface area contributed by atoms with E-state index in [0.29, 0.717) is 14.9 Å². The summed E-state index contributed by atoms with van der Waals surface area (Å²) in [5.74, 6) is -0.549. The Morgan fingerprint density at radius 1 is 1.00 bits per heavy atom. The maximum absolute atomic E-state index is 12.6. The molecule has 0 aliphatic rings. The Hall–Kier alpha value is -2.10. The number of benzene rings is 2. The first-order valence-electron chi connectivity index (χ1n) is 7.26. The molecule has 0 unspecified atom stereocenters. The summed E-state index contributed by atoms with van der Waals surface area (Å²) in [6, 6.07) is 8.08. The van der Waals surface area contributed by atoms with Crippen molar-refractivity contribution in [1.82, 2.24) is 10.9 Å². The maximum Gasteiger partial charge on any atom is 0.416 e. The Balaban J connectivity index is 1.79. The van der Waals surface area contributed by atoms with Crippen molar-refractivity contribution in [2.45, 2.75) is 11.1 Å². The summed E-state index contributed by atoms with van der Waals surface area (Å²) in [7, 11) is 0. The van der Waals surface area contributed by atoms with Crippen LogP contribution in [-0.2, 0) is 11.0 Å². The number of rotatable bonds is 4. The number of carbonyl (C=O) groups is 2. The van der Waals surface area contributed by atoms with E-state index >= 15 is 0 Å². The van der Waals surface area contributed by atoms with Crippen LogP contribution < -0.4 is 16.2 Å². The molecule has 27 heavy (non-hydrogen) atoms. The molecule has 3 amide bonds. The molecule has 0 heterocycles. The van der Waals surface area contributed by atoms with Crippen molar-refractivity contribution < 1.29 is 22.8 Å². The molecule has 0 atom stereocenters. The second-order valence-corrected chi connectivity index (χ2v) is 6.93. The van der Waals surface area contributed by atoms with E-state index < -0.39 is 23.7 Å². The van der Waals surface area contributed by atoms with Crippen molar-refractivity contribution in [2.75, 3.05) is 11.1 Å². The average molecular weight is 438 g/mol. The minimum atomic E-state index is -4.52. The summed E-state index contributed by atoms with van der Waals surface area (Å²) in [5.41, 5.74) is 3.23. The monoisotopic (exact) mass is 437 g/mol. The van der Waals surface area contributed by atoms with E-state index in [9.17, 15) is 22.8 Å². The van der Waals surface area contributed by atoms with Gasteiger partial charge in [-0.05, 0) is 36.4 Å². The highest BCUT2D eigenvalue weighted by Gasteiger charge is 2.30. The molecule has 11 heteroatoms. The topological polar surface area (TPSA) is 70.2 Å². The summed E-state index contributed by atoms with van der Waals surface area (Å²) < 4.78 is 37.9. The van der Waals surface area contributed by atoms with Crippen molar-refractivity contribution in [3.63, 3.8) is 0 Å². The van der Waals surface area contributed by atoms with Gasteiger partial charge in [0.25, 0.3) is 0 Å². The number of anilines is 1. The van der Waals surface area contributed by atoms with Gasteiger partial charge in [0.2, 0.25) is 5.91 Å². The van der Waals surface area contributed by atoms with Gasteiger partial charge in [0, 0.05) is 10.6 Å². The first kappa shape index (κ1) is 21.2. The molecule has 2 rings (SSSR count). The van der Waals surface area contributed by atoms with Gasteiger partial charge < -0.3 is 5.32 Å². The van der Waals surface area contributed by atoms with Crippen LogP contribution >= 0.6 is 35.0 Å². The van der Waals surface area contributed by atoms with Crippen LogP contribution in [0.25, 0.3) is 0 Å². The molecule has 0 radical (unpaired) electrons. The fourth-order valence-corrected chi connectivity index (χ4v) is 2.91. The third-order valence-corrected chi connectivity index (χ3v) is 4.76. The molecule has 0 fully saturated rings. The Labute approximate surface area is 166 Å². The molecule has 2 aromatic carbocycles. The van der Waals surface area contributed by atoms with Crippen LogP contribution in [0.1, 0.15) is 5.56 Å². The molecule has 0 aromatic heterocycles. The number of hydrogen-bond acceptors (Lipinski definition) is 3. The second kappa shape index (κ2) is 9.20. The Kier molecular flexibility index (Phi) is 7.23. The smallest absolute Gasteiger partial charge is 0.307 e. The van der Waals surface area contributed by atoms with E-state index in [1.807, 2.05) is 0 Å². The summed E-state index contributed by atoms with van der Waals surface area (Å²) >= 11 is 12.8.